The van der Waals surface area contributed by atoms with Gasteiger partial charge in [-0.05, 0) is 37.5 Å². The van der Waals surface area contributed by atoms with Crippen molar-refractivity contribution in [2.75, 3.05) is 6.61 Å². The van der Waals surface area contributed by atoms with Gasteiger partial charge in [0.05, 0.1) is 12.8 Å². The highest BCUT2D eigenvalue weighted by molar-refractivity contribution is 6.10. The minimum atomic E-state index is -0.0133. The Morgan fingerprint density at radius 1 is 1.25 bits per heavy atom. The normalized spacial score (nSPS) is 10.3. The summed E-state index contributed by atoms with van der Waals surface area (Å²) in [5.41, 5.74) is 3.41. The highest BCUT2D eigenvalue weighted by Crippen LogP contribution is 2.19. The summed E-state index contributed by atoms with van der Waals surface area (Å²) in [5, 5.41) is 0. The fourth-order valence-corrected chi connectivity index (χ4v) is 1.99. The number of pyridine rings is 1. The van der Waals surface area contributed by atoms with E-state index >= 15 is 0 Å². The number of aryl methyl sites for hydroxylation is 1. The lowest BCUT2D eigenvalue weighted by Gasteiger charge is -2.09. The minimum absolute atomic E-state index is 0.0133. The summed E-state index contributed by atoms with van der Waals surface area (Å²) < 4.78 is 5.52. The van der Waals surface area contributed by atoms with Gasteiger partial charge in [-0.2, -0.15) is 0 Å². The molecule has 0 radical (unpaired) electrons. The smallest absolute Gasteiger partial charge is 0.194 e. The van der Waals surface area contributed by atoms with Crippen molar-refractivity contribution >= 4 is 5.78 Å². The van der Waals surface area contributed by atoms with Gasteiger partial charge in [0.15, 0.2) is 5.78 Å². The Hall–Kier alpha value is -2.16. The molecule has 1 aromatic carbocycles. The molecular weight excluding hydrogens is 250 g/mol. The predicted molar refractivity (Wildman–Crippen MR) is 79.4 cm³/mol. The first-order valence-corrected chi connectivity index (χ1v) is 6.82. The molecule has 20 heavy (non-hydrogen) atoms. The molecule has 0 bridgehead atoms. The molecule has 3 heteroatoms. The average molecular weight is 269 g/mol. The van der Waals surface area contributed by atoms with Crippen molar-refractivity contribution in [1.29, 1.82) is 0 Å². The van der Waals surface area contributed by atoms with Gasteiger partial charge in [-0.3, -0.25) is 9.78 Å². The van der Waals surface area contributed by atoms with Crippen molar-refractivity contribution in [1.82, 2.24) is 4.98 Å². The number of carbonyl (C=O) groups excluding carboxylic acids is 1. The summed E-state index contributed by atoms with van der Waals surface area (Å²) in [5.74, 6) is 0.628. The number of ether oxygens (including phenoxy) is 1. The summed E-state index contributed by atoms with van der Waals surface area (Å²) in [6.45, 7) is 6.64. The van der Waals surface area contributed by atoms with Gasteiger partial charge in [0.25, 0.3) is 0 Å². The van der Waals surface area contributed by atoms with Crippen molar-refractivity contribution in [2.24, 2.45) is 0 Å². The molecule has 1 heterocycles. The van der Waals surface area contributed by atoms with Crippen LogP contribution in [0.4, 0.5) is 0 Å². The second-order valence-electron chi connectivity index (χ2n) is 4.83. The largest absolute Gasteiger partial charge is 0.492 e. The van der Waals surface area contributed by atoms with E-state index in [1.54, 1.807) is 18.5 Å². The molecule has 2 rings (SSSR count). The lowest BCUT2D eigenvalue weighted by Crippen LogP contribution is -2.06. The van der Waals surface area contributed by atoms with Crippen LogP contribution in [-0.2, 0) is 0 Å². The molecule has 0 spiro atoms. The third kappa shape index (κ3) is 3.05. The summed E-state index contributed by atoms with van der Waals surface area (Å²) >= 11 is 0. The number of hydrogen-bond acceptors (Lipinski definition) is 3. The summed E-state index contributed by atoms with van der Waals surface area (Å²) in [6, 6.07) is 7.52. The third-order valence-electron chi connectivity index (χ3n) is 3.30. The standard InChI is InChI=1S/C17H19NO2/c1-4-8-20-15-9-14(10-18-11-15)17(19)16-7-5-6-12(2)13(16)3/h5-7,9-11H,4,8H2,1-3H3. The molecule has 3 nitrogen and oxygen atoms in total. The van der Waals surface area contributed by atoms with Crippen LogP contribution in [0.2, 0.25) is 0 Å². The topological polar surface area (TPSA) is 39.2 Å². The first kappa shape index (κ1) is 14.3. The monoisotopic (exact) mass is 269 g/mol. The molecule has 0 aliphatic carbocycles. The first-order chi connectivity index (χ1) is 9.63. The number of carbonyl (C=O) groups is 1. The highest BCUT2D eigenvalue weighted by atomic mass is 16.5. The van der Waals surface area contributed by atoms with Crippen molar-refractivity contribution in [3.05, 3.63) is 58.9 Å². The summed E-state index contributed by atoms with van der Waals surface area (Å²) in [6.07, 6.45) is 4.15. The van der Waals surface area contributed by atoms with Gasteiger partial charge in [-0.15, -0.1) is 0 Å². The lowest BCUT2D eigenvalue weighted by molar-refractivity contribution is 0.103. The molecule has 0 fully saturated rings. The van der Waals surface area contributed by atoms with Crippen LogP contribution in [0, 0.1) is 13.8 Å². The maximum Gasteiger partial charge on any atom is 0.194 e. The number of hydrogen-bond donors (Lipinski definition) is 0. The number of rotatable bonds is 5. The third-order valence-corrected chi connectivity index (χ3v) is 3.30. The molecule has 2 aromatic rings. The van der Waals surface area contributed by atoms with Crippen LogP contribution in [-0.4, -0.2) is 17.4 Å². The summed E-state index contributed by atoms with van der Waals surface area (Å²) in [4.78, 5) is 16.6. The van der Waals surface area contributed by atoms with Gasteiger partial charge in [-0.25, -0.2) is 0 Å². The molecule has 0 N–H and O–H groups in total. The second-order valence-corrected chi connectivity index (χ2v) is 4.83. The van der Waals surface area contributed by atoms with E-state index in [-0.39, 0.29) is 5.78 Å². The molecule has 0 atom stereocenters. The Bertz CT molecular complexity index is 620. The fraction of sp³-hybridized carbons (Fsp3) is 0.294. The molecule has 0 amide bonds. The zero-order chi connectivity index (χ0) is 14.5. The van der Waals surface area contributed by atoms with Gasteiger partial charge in [0, 0.05) is 17.3 Å². The quantitative estimate of drug-likeness (QED) is 0.777. The maximum absolute atomic E-state index is 12.5. The predicted octanol–water partition coefficient (Wildman–Crippen LogP) is 3.72. The maximum atomic E-state index is 12.5. The van der Waals surface area contributed by atoms with Crippen molar-refractivity contribution in [3.8, 4) is 5.75 Å². The van der Waals surface area contributed by atoms with Crippen LogP contribution in [0.5, 0.6) is 5.75 Å². The first-order valence-electron chi connectivity index (χ1n) is 6.82. The second kappa shape index (κ2) is 6.33. The van der Waals surface area contributed by atoms with Gasteiger partial charge >= 0.3 is 0 Å². The lowest BCUT2D eigenvalue weighted by atomic mass is 9.97. The van der Waals surface area contributed by atoms with Gasteiger partial charge in [0.1, 0.15) is 5.75 Å². The Labute approximate surface area is 119 Å². The number of ketones is 1. The Morgan fingerprint density at radius 3 is 2.80 bits per heavy atom. The van der Waals surface area contributed by atoms with E-state index in [1.165, 1.54) is 0 Å². The highest BCUT2D eigenvalue weighted by Gasteiger charge is 2.13. The van der Waals surface area contributed by atoms with Crippen molar-refractivity contribution < 1.29 is 9.53 Å². The molecule has 0 saturated carbocycles. The SMILES string of the molecule is CCCOc1cncc(C(=O)c2cccc(C)c2C)c1. The van der Waals surface area contributed by atoms with E-state index in [9.17, 15) is 4.79 Å². The van der Waals surface area contributed by atoms with Crippen molar-refractivity contribution in [2.45, 2.75) is 27.2 Å². The Balaban J connectivity index is 2.31. The Morgan fingerprint density at radius 2 is 2.05 bits per heavy atom. The molecule has 0 aliphatic rings. The molecule has 0 aliphatic heterocycles. The van der Waals surface area contributed by atoms with E-state index in [1.807, 2.05) is 39.0 Å². The Kier molecular flexibility index (Phi) is 4.51. The zero-order valence-corrected chi connectivity index (χ0v) is 12.1. The van der Waals surface area contributed by atoms with Crippen LogP contribution in [0.3, 0.4) is 0 Å². The van der Waals surface area contributed by atoms with Crippen LogP contribution >= 0.6 is 0 Å². The van der Waals surface area contributed by atoms with Crippen LogP contribution in [0.1, 0.15) is 40.4 Å². The van der Waals surface area contributed by atoms with E-state index in [0.29, 0.717) is 17.9 Å². The van der Waals surface area contributed by atoms with Gasteiger partial charge < -0.3 is 4.74 Å². The van der Waals surface area contributed by atoms with E-state index in [0.717, 1.165) is 23.1 Å². The van der Waals surface area contributed by atoms with Crippen LogP contribution < -0.4 is 4.74 Å². The van der Waals surface area contributed by atoms with E-state index in [2.05, 4.69) is 4.98 Å². The number of aromatic nitrogens is 1. The van der Waals surface area contributed by atoms with E-state index < -0.39 is 0 Å². The van der Waals surface area contributed by atoms with Gasteiger partial charge in [-0.1, -0.05) is 25.1 Å². The van der Waals surface area contributed by atoms with E-state index in [4.69, 9.17) is 4.74 Å². The molecular formula is C17H19NO2. The van der Waals surface area contributed by atoms with Crippen LogP contribution in [0.15, 0.2) is 36.7 Å². The molecule has 0 saturated heterocycles. The summed E-state index contributed by atoms with van der Waals surface area (Å²) in [7, 11) is 0. The number of nitrogens with zero attached hydrogens (tertiary/aromatic N) is 1. The molecule has 104 valence electrons. The van der Waals surface area contributed by atoms with Crippen molar-refractivity contribution in [3.63, 3.8) is 0 Å². The molecule has 1 aromatic heterocycles. The average Bonchev–Trinajstić information content (AvgIpc) is 2.47. The molecule has 0 unspecified atom stereocenters. The zero-order valence-electron chi connectivity index (χ0n) is 12.1. The van der Waals surface area contributed by atoms with Crippen LogP contribution in [0.25, 0.3) is 0 Å². The van der Waals surface area contributed by atoms with Gasteiger partial charge in [0.2, 0.25) is 0 Å². The fourth-order valence-electron chi connectivity index (χ4n) is 1.99. The number of benzene rings is 1. The minimum Gasteiger partial charge on any atom is -0.492 e.